The summed E-state index contributed by atoms with van der Waals surface area (Å²) in [5.74, 6) is 0.451. The smallest absolute Gasteiger partial charge is 0.129 e. The molecular weight excluding hydrogens is 313 g/mol. The number of fused-ring (bicyclic) bond motifs is 1. The van der Waals surface area contributed by atoms with E-state index in [0.717, 1.165) is 20.0 Å². The number of halogens is 1. The lowest BCUT2D eigenvalue weighted by Gasteiger charge is -2.00. The number of aromatic nitrogens is 1. The van der Waals surface area contributed by atoms with Gasteiger partial charge in [0.1, 0.15) is 25.8 Å². The van der Waals surface area contributed by atoms with E-state index in [9.17, 15) is 4.39 Å². The fourth-order valence-corrected chi connectivity index (χ4v) is 4.85. The van der Waals surface area contributed by atoms with Crippen molar-refractivity contribution in [1.82, 2.24) is 4.37 Å². The number of hydrogen-bond acceptors (Lipinski definition) is 6. The molecule has 3 nitrogen and oxygen atoms in total. The quantitative estimate of drug-likeness (QED) is 0.733. The van der Waals surface area contributed by atoms with Gasteiger partial charge in [0.15, 0.2) is 0 Å². The van der Waals surface area contributed by atoms with Crippen molar-refractivity contribution in [2.45, 2.75) is 10.8 Å². The van der Waals surface area contributed by atoms with Crippen molar-refractivity contribution < 1.29 is 4.39 Å². The van der Waals surface area contributed by atoms with Crippen molar-refractivity contribution in [3.63, 3.8) is 0 Å². The molecule has 100 valence electrons. The highest BCUT2D eigenvalue weighted by Crippen LogP contribution is 2.42. The first-order valence-corrected chi connectivity index (χ1v) is 8.21. The maximum absolute atomic E-state index is 12.8. The molecule has 0 fully saturated rings. The van der Waals surface area contributed by atoms with E-state index in [2.05, 4.69) is 10.4 Å². The summed E-state index contributed by atoms with van der Waals surface area (Å²) in [6.07, 6.45) is 0. The number of benzene rings is 1. The average Bonchev–Trinajstić information content (AvgIpc) is 2.99. The molecule has 2 N–H and O–H groups in total. The van der Waals surface area contributed by atoms with Crippen LogP contribution in [-0.4, -0.2) is 4.37 Å². The minimum Gasteiger partial charge on any atom is -0.396 e. The van der Waals surface area contributed by atoms with Crippen molar-refractivity contribution in [2.24, 2.45) is 0 Å². The van der Waals surface area contributed by atoms with Gasteiger partial charge in [-0.05, 0) is 29.2 Å². The van der Waals surface area contributed by atoms with Crippen LogP contribution in [0, 0.1) is 17.1 Å². The van der Waals surface area contributed by atoms with Gasteiger partial charge in [-0.25, -0.2) is 4.39 Å². The third-order valence-electron chi connectivity index (χ3n) is 2.73. The Labute approximate surface area is 127 Å². The molecule has 0 spiro atoms. The number of thiophene rings is 1. The molecule has 3 rings (SSSR count). The molecule has 0 saturated carbocycles. The molecule has 0 bridgehead atoms. The Morgan fingerprint density at radius 3 is 2.80 bits per heavy atom. The Morgan fingerprint density at radius 2 is 2.10 bits per heavy atom. The van der Waals surface area contributed by atoms with Gasteiger partial charge in [-0.15, -0.1) is 11.3 Å². The fraction of sp³-hybridized carbons (Fsp3) is 0.0769. The lowest BCUT2D eigenvalue weighted by molar-refractivity contribution is 0.627. The number of rotatable bonds is 3. The van der Waals surface area contributed by atoms with Gasteiger partial charge in [0.05, 0.1) is 11.1 Å². The molecule has 0 aliphatic heterocycles. The second kappa shape index (κ2) is 5.40. The first kappa shape index (κ1) is 13.4. The molecule has 2 aromatic heterocycles. The van der Waals surface area contributed by atoms with Crippen LogP contribution in [0.5, 0.6) is 0 Å². The summed E-state index contributed by atoms with van der Waals surface area (Å²) >= 11 is 4.28. The number of hydrogen-bond donors (Lipinski definition) is 1. The molecule has 0 aliphatic carbocycles. The maximum atomic E-state index is 12.8. The second-order valence-electron chi connectivity index (χ2n) is 4.02. The molecule has 0 aliphatic rings. The Bertz CT molecular complexity index is 799. The number of nitrogen functional groups attached to an aromatic ring is 1. The van der Waals surface area contributed by atoms with Gasteiger partial charge in [-0.2, -0.15) is 9.64 Å². The van der Waals surface area contributed by atoms with Crippen LogP contribution in [0.2, 0.25) is 0 Å². The van der Waals surface area contributed by atoms with E-state index in [-0.39, 0.29) is 5.82 Å². The summed E-state index contributed by atoms with van der Waals surface area (Å²) in [4.78, 5) is 0.539. The number of nitrogens with zero attached hydrogens (tertiary/aromatic N) is 2. The van der Waals surface area contributed by atoms with Crippen LogP contribution in [0.15, 0.2) is 29.3 Å². The molecule has 1 aromatic carbocycles. The van der Waals surface area contributed by atoms with Crippen molar-refractivity contribution in [1.29, 1.82) is 5.26 Å². The first-order valence-electron chi connectivity index (χ1n) is 5.64. The van der Waals surface area contributed by atoms with E-state index >= 15 is 0 Å². The summed E-state index contributed by atoms with van der Waals surface area (Å²) in [6.45, 7) is 0. The highest BCUT2D eigenvalue weighted by Gasteiger charge is 2.16. The Morgan fingerprint density at radius 1 is 1.35 bits per heavy atom. The topological polar surface area (TPSA) is 62.7 Å². The lowest BCUT2D eigenvalue weighted by atomic mass is 10.2. The van der Waals surface area contributed by atoms with Gasteiger partial charge in [0.25, 0.3) is 0 Å². The largest absolute Gasteiger partial charge is 0.396 e. The molecular formula is C13H8FN3S3. The molecule has 3 aromatic rings. The van der Waals surface area contributed by atoms with Crippen molar-refractivity contribution in [3.05, 3.63) is 40.5 Å². The first-order chi connectivity index (χ1) is 9.69. The molecule has 0 unspecified atom stereocenters. The van der Waals surface area contributed by atoms with Crippen molar-refractivity contribution in [2.75, 3.05) is 5.73 Å². The molecule has 0 radical (unpaired) electrons. The van der Waals surface area contributed by atoms with Gasteiger partial charge < -0.3 is 5.73 Å². The van der Waals surface area contributed by atoms with Crippen LogP contribution in [-0.2, 0) is 5.75 Å². The molecule has 7 heteroatoms. The normalized spacial score (nSPS) is 10.8. The molecule has 0 amide bonds. The van der Waals surface area contributed by atoms with Crippen LogP contribution in [0.4, 0.5) is 10.1 Å². The van der Waals surface area contributed by atoms with Crippen LogP contribution in [0.25, 0.3) is 9.40 Å². The van der Waals surface area contributed by atoms with E-state index in [0.29, 0.717) is 16.3 Å². The maximum Gasteiger partial charge on any atom is 0.129 e. The minimum atomic E-state index is -0.240. The van der Waals surface area contributed by atoms with Crippen LogP contribution >= 0.6 is 34.6 Å². The van der Waals surface area contributed by atoms with Gasteiger partial charge in [0, 0.05) is 5.75 Å². The van der Waals surface area contributed by atoms with E-state index in [1.165, 1.54) is 35.0 Å². The molecule has 0 atom stereocenters. The third-order valence-corrected chi connectivity index (χ3v) is 5.91. The standard InChI is InChI=1S/C13H8FN3S3/c14-8-3-1-7(2-4-8)6-18-12-10-11(16)9(5-15)19-13(10)20-17-12/h1-4H,6,16H2. The summed E-state index contributed by atoms with van der Waals surface area (Å²) in [5.41, 5.74) is 7.51. The SMILES string of the molecule is N#Cc1sc2snc(SCc3ccc(F)cc3)c2c1N. The number of nitrogens with two attached hydrogens (primary N) is 1. The number of nitriles is 1. The lowest BCUT2D eigenvalue weighted by Crippen LogP contribution is -1.86. The Hall–Kier alpha value is -1.62. The van der Waals surface area contributed by atoms with Crippen molar-refractivity contribution >= 4 is 49.7 Å². The van der Waals surface area contributed by atoms with Gasteiger partial charge in [0.2, 0.25) is 0 Å². The van der Waals surface area contributed by atoms with Crippen LogP contribution in [0.3, 0.4) is 0 Å². The molecule has 0 saturated heterocycles. The zero-order valence-corrected chi connectivity index (χ0v) is 12.5. The number of anilines is 1. The fourth-order valence-electron chi connectivity index (χ4n) is 1.73. The van der Waals surface area contributed by atoms with Gasteiger partial charge in [-0.3, -0.25) is 0 Å². The predicted molar refractivity (Wildman–Crippen MR) is 82.6 cm³/mol. The summed E-state index contributed by atoms with van der Waals surface area (Å²) in [5, 5.41) is 10.7. The van der Waals surface area contributed by atoms with Crippen LogP contribution in [0.1, 0.15) is 10.4 Å². The summed E-state index contributed by atoms with van der Waals surface area (Å²) in [7, 11) is 0. The summed E-state index contributed by atoms with van der Waals surface area (Å²) < 4.78 is 18.2. The number of thioether (sulfide) groups is 1. The second-order valence-corrected chi connectivity index (χ2v) is 7.04. The average molecular weight is 321 g/mol. The predicted octanol–water partition coefficient (Wildman–Crippen LogP) is 4.24. The minimum absolute atomic E-state index is 0.240. The Balaban J connectivity index is 1.86. The molecule has 2 heterocycles. The summed E-state index contributed by atoms with van der Waals surface area (Å²) in [6, 6.07) is 8.49. The monoisotopic (exact) mass is 321 g/mol. The highest BCUT2D eigenvalue weighted by molar-refractivity contribution is 7.98. The van der Waals surface area contributed by atoms with Gasteiger partial charge >= 0.3 is 0 Å². The van der Waals surface area contributed by atoms with E-state index in [1.54, 1.807) is 23.9 Å². The third kappa shape index (κ3) is 2.38. The van der Waals surface area contributed by atoms with E-state index in [1.807, 2.05) is 0 Å². The highest BCUT2D eigenvalue weighted by atomic mass is 32.2. The zero-order chi connectivity index (χ0) is 14.1. The molecule has 20 heavy (non-hydrogen) atoms. The van der Waals surface area contributed by atoms with E-state index < -0.39 is 0 Å². The van der Waals surface area contributed by atoms with Crippen molar-refractivity contribution in [3.8, 4) is 6.07 Å². The van der Waals surface area contributed by atoms with E-state index in [4.69, 9.17) is 11.0 Å². The van der Waals surface area contributed by atoms with Crippen LogP contribution < -0.4 is 5.73 Å². The zero-order valence-electron chi connectivity index (χ0n) is 10.1. The Kier molecular flexibility index (Phi) is 3.61. The van der Waals surface area contributed by atoms with Gasteiger partial charge in [-0.1, -0.05) is 23.9 Å².